The van der Waals surface area contributed by atoms with Crippen LogP contribution in [0.2, 0.25) is 0 Å². The van der Waals surface area contributed by atoms with Gasteiger partial charge in [0.15, 0.2) is 0 Å². The van der Waals surface area contributed by atoms with Gasteiger partial charge in [0.05, 0.1) is 6.61 Å². The zero-order valence-corrected chi connectivity index (χ0v) is 16.7. The predicted molar refractivity (Wildman–Crippen MR) is 100 cm³/mol. The number of amides is 5. The first-order valence-electron chi connectivity index (χ1n) is 10.2. The normalized spacial score (nSPS) is 28.4. The summed E-state index contributed by atoms with van der Waals surface area (Å²) in [6.45, 7) is 5.00. The molecule has 0 atom stereocenters. The molecule has 3 rings (SSSR count). The number of piperidine rings is 1. The Labute approximate surface area is 165 Å². The van der Waals surface area contributed by atoms with E-state index in [4.69, 9.17) is 4.74 Å². The Morgan fingerprint density at radius 3 is 2.43 bits per heavy atom. The summed E-state index contributed by atoms with van der Waals surface area (Å²) < 4.78 is 4.98. The molecule has 3 fully saturated rings. The molecule has 0 aromatic heterocycles. The van der Waals surface area contributed by atoms with Gasteiger partial charge in [0.2, 0.25) is 5.91 Å². The lowest BCUT2D eigenvalue weighted by atomic mass is 9.77. The molecule has 2 N–H and O–H groups in total. The summed E-state index contributed by atoms with van der Waals surface area (Å²) in [7, 11) is 0. The standard InChI is InChI=1S/C19H30N4O5/c1-3-28-18(27)22-10-6-14(7-11-22)20-15(24)12-23-16(25)19(21-17(23)26)8-4-13(2)5-9-19/h13-14H,3-12H2,1-2H3,(H,20,24)(H,21,26). The fraction of sp³-hybridized carbons (Fsp3) is 0.789. The minimum absolute atomic E-state index is 0.0802. The van der Waals surface area contributed by atoms with E-state index in [0.717, 1.165) is 17.7 Å². The Morgan fingerprint density at radius 1 is 1.18 bits per heavy atom. The lowest BCUT2D eigenvalue weighted by molar-refractivity contribution is -0.136. The molecule has 9 nitrogen and oxygen atoms in total. The smallest absolute Gasteiger partial charge is 0.409 e. The van der Waals surface area contributed by atoms with Crippen molar-refractivity contribution in [2.24, 2.45) is 5.92 Å². The van der Waals surface area contributed by atoms with Crippen molar-refractivity contribution in [3.63, 3.8) is 0 Å². The van der Waals surface area contributed by atoms with Crippen molar-refractivity contribution in [3.8, 4) is 0 Å². The van der Waals surface area contributed by atoms with Gasteiger partial charge in [-0.15, -0.1) is 0 Å². The van der Waals surface area contributed by atoms with Gasteiger partial charge in [-0.05, 0) is 51.4 Å². The number of imide groups is 1. The third-order valence-electron chi connectivity index (χ3n) is 6.06. The molecule has 9 heteroatoms. The van der Waals surface area contributed by atoms with Crippen LogP contribution >= 0.6 is 0 Å². The van der Waals surface area contributed by atoms with Crippen LogP contribution in [0.25, 0.3) is 0 Å². The van der Waals surface area contributed by atoms with Crippen molar-refractivity contribution >= 4 is 23.9 Å². The minimum atomic E-state index is -0.825. The summed E-state index contributed by atoms with van der Waals surface area (Å²) in [5, 5.41) is 5.71. The Hall–Kier alpha value is -2.32. The molecule has 0 aromatic rings. The largest absolute Gasteiger partial charge is 0.450 e. The summed E-state index contributed by atoms with van der Waals surface area (Å²) in [5.74, 6) is -0.0795. The number of nitrogens with one attached hydrogen (secondary N) is 2. The van der Waals surface area contributed by atoms with Crippen LogP contribution in [-0.4, -0.2) is 71.6 Å². The van der Waals surface area contributed by atoms with E-state index >= 15 is 0 Å². The van der Waals surface area contributed by atoms with E-state index in [9.17, 15) is 19.2 Å². The Balaban J connectivity index is 1.48. The molecular weight excluding hydrogens is 364 g/mol. The van der Waals surface area contributed by atoms with Crippen molar-refractivity contribution in [2.45, 2.75) is 64.0 Å². The van der Waals surface area contributed by atoms with Gasteiger partial charge in [0.1, 0.15) is 12.1 Å². The monoisotopic (exact) mass is 394 g/mol. The number of carbonyl (C=O) groups is 4. The van der Waals surface area contributed by atoms with Crippen LogP contribution < -0.4 is 10.6 Å². The lowest BCUT2D eigenvalue weighted by Crippen LogP contribution is -2.51. The molecule has 2 saturated heterocycles. The summed E-state index contributed by atoms with van der Waals surface area (Å²) in [5.41, 5.74) is -0.825. The van der Waals surface area contributed by atoms with Gasteiger partial charge in [-0.3, -0.25) is 14.5 Å². The van der Waals surface area contributed by atoms with Crippen molar-refractivity contribution < 1.29 is 23.9 Å². The van der Waals surface area contributed by atoms with Crippen molar-refractivity contribution in [2.75, 3.05) is 26.2 Å². The number of rotatable bonds is 4. The highest BCUT2D eigenvalue weighted by Crippen LogP contribution is 2.36. The quantitative estimate of drug-likeness (QED) is 0.697. The topological polar surface area (TPSA) is 108 Å². The second-order valence-electron chi connectivity index (χ2n) is 8.11. The maximum atomic E-state index is 12.8. The van der Waals surface area contributed by atoms with Gasteiger partial charge in [-0.25, -0.2) is 9.59 Å². The number of ether oxygens (including phenoxy) is 1. The number of hydrogen-bond acceptors (Lipinski definition) is 5. The highest BCUT2D eigenvalue weighted by molar-refractivity contribution is 6.09. The van der Waals surface area contributed by atoms with Crippen LogP contribution in [0.3, 0.4) is 0 Å². The predicted octanol–water partition coefficient (Wildman–Crippen LogP) is 1.22. The molecular formula is C19H30N4O5. The number of carbonyl (C=O) groups excluding carboxylic acids is 4. The number of nitrogens with zero attached hydrogens (tertiary/aromatic N) is 2. The third-order valence-corrected chi connectivity index (χ3v) is 6.06. The van der Waals surface area contributed by atoms with E-state index < -0.39 is 11.6 Å². The molecule has 0 radical (unpaired) electrons. The average molecular weight is 394 g/mol. The lowest BCUT2D eigenvalue weighted by Gasteiger charge is -2.33. The zero-order valence-electron chi connectivity index (χ0n) is 16.7. The zero-order chi connectivity index (χ0) is 20.3. The highest BCUT2D eigenvalue weighted by atomic mass is 16.6. The Kier molecular flexibility index (Phi) is 6.10. The molecule has 0 unspecified atom stereocenters. The molecule has 5 amide bonds. The van der Waals surface area contributed by atoms with Crippen LogP contribution in [0.4, 0.5) is 9.59 Å². The van der Waals surface area contributed by atoms with E-state index in [2.05, 4.69) is 17.6 Å². The van der Waals surface area contributed by atoms with E-state index in [1.807, 2.05) is 0 Å². The first kappa shape index (κ1) is 20.4. The molecule has 3 aliphatic rings. The number of hydrogen-bond donors (Lipinski definition) is 2. The van der Waals surface area contributed by atoms with Gasteiger partial charge >= 0.3 is 12.1 Å². The minimum Gasteiger partial charge on any atom is -0.450 e. The molecule has 0 bridgehead atoms. The number of urea groups is 1. The van der Waals surface area contributed by atoms with Gasteiger partial charge in [-0.1, -0.05) is 6.92 Å². The first-order valence-corrected chi connectivity index (χ1v) is 10.2. The van der Waals surface area contributed by atoms with Crippen LogP contribution in [-0.2, 0) is 14.3 Å². The van der Waals surface area contributed by atoms with Crippen LogP contribution in [0.5, 0.6) is 0 Å². The highest BCUT2D eigenvalue weighted by Gasteiger charge is 2.52. The van der Waals surface area contributed by atoms with Crippen LogP contribution in [0.1, 0.15) is 52.4 Å². The molecule has 2 aliphatic heterocycles. The molecule has 2 heterocycles. The fourth-order valence-corrected chi connectivity index (χ4v) is 4.25. The van der Waals surface area contributed by atoms with Gasteiger partial charge in [0.25, 0.3) is 5.91 Å². The van der Waals surface area contributed by atoms with Crippen LogP contribution in [0, 0.1) is 5.92 Å². The molecule has 0 aromatic carbocycles. The van der Waals surface area contributed by atoms with Crippen molar-refractivity contribution in [1.82, 2.24) is 20.4 Å². The molecule has 1 spiro atoms. The second kappa shape index (κ2) is 8.36. The fourth-order valence-electron chi connectivity index (χ4n) is 4.25. The Bertz CT molecular complexity index is 636. The molecule has 156 valence electrons. The SMILES string of the molecule is CCOC(=O)N1CCC(NC(=O)CN2C(=O)NC3(CCC(C)CC3)C2=O)CC1. The maximum absolute atomic E-state index is 12.8. The third kappa shape index (κ3) is 4.23. The van der Waals surface area contributed by atoms with Crippen molar-refractivity contribution in [3.05, 3.63) is 0 Å². The van der Waals surface area contributed by atoms with Crippen molar-refractivity contribution in [1.29, 1.82) is 0 Å². The maximum Gasteiger partial charge on any atom is 0.409 e. The second-order valence-corrected chi connectivity index (χ2v) is 8.11. The molecule has 1 saturated carbocycles. The molecule has 1 aliphatic carbocycles. The van der Waals surface area contributed by atoms with E-state index in [1.54, 1.807) is 11.8 Å². The first-order chi connectivity index (χ1) is 13.3. The van der Waals surface area contributed by atoms with Gasteiger partial charge in [0, 0.05) is 19.1 Å². The Morgan fingerprint density at radius 2 is 1.82 bits per heavy atom. The molecule has 28 heavy (non-hydrogen) atoms. The summed E-state index contributed by atoms with van der Waals surface area (Å²) in [6.07, 6.45) is 3.94. The number of likely N-dealkylation sites (tertiary alicyclic amines) is 1. The average Bonchev–Trinajstić information content (AvgIpc) is 2.89. The van der Waals surface area contributed by atoms with E-state index in [0.29, 0.717) is 51.3 Å². The van der Waals surface area contributed by atoms with E-state index in [1.165, 1.54) is 0 Å². The summed E-state index contributed by atoms with van der Waals surface area (Å²) in [4.78, 5) is 51.9. The van der Waals surface area contributed by atoms with Crippen LogP contribution in [0.15, 0.2) is 0 Å². The summed E-state index contributed by atoms with van der Waals surface area (Å²) >= 11 is 0. The van der Waals surface area contributed by atoms with E-state index in [-0.39, 0.29) is 30.5 Å². The van der Waals surface area contributed by atoms with Gasteiger partial charge in [-0.2, -0.15) is 0 Å². The summed E-state index contributed by atoms with van der Waals surface area (Å²) in [6, 6.07) is -0.560. The van der Waals surface area contributed by atoms with Gasteiger partial charge < -0.3 is 20.3 Å².